The smallest absolute Gasteiger partial charge is 0.196 e. The number of hydrogen-bond acceptors (Lipinski definition) is 3. The van der Waals surface area contributed by atoms with Crippen molar-refractivity contribution in [2.24, 2.45) is 0 Å². The Kier molecular flexibility index (Phi) is 16.2. The molecule has 0 N–H and O–H groups in total. The van der Waals surface area contributed by atoms with Crippen LogP contribution in [0.5, 0.6) is 0 Å². The number of carbonyl (C=O) groups is 1. The highest BCUT2D eigenvalue weighted by molar-refractivity contribution is 7.35. The Labute approximate surface area is 283 Å². The van der Waals surface area contributed by atoms with Crippen molar-refractivity contribution in [3.63, 3.8) is 0 Å². The maximum atomic E-state index is 14.4. The van der Waals surface area contributed by atoms with Gasteiger partial charge >= 0.3 is 0 Å². The predicted molar refractivity (Wildman–Crippen MR) is 208 cm³/mol. The van der Waals surface area contributed by atoms with Crippen LogP contribution < -0.4 is 9.00 Å². The van der Waals surface area contributed by atoms with Gasteiger partial charge in [0.2, 0.25) is 0 Å². The highest BCUT2D eigenvalue weighted by atomic mass is 32.1. The molecular formula is C39H68OS2Si2. The first-order chi connectivity index (χ1) is 21.0. The van der Waals surface area contributed by atoms with Gasteiger partial charge < -0.3 is 0 Å². The van der Waals surface area contributed by atoms with Crippen molar-refractivity contribution in [2.45, 2.75) is 194 Å². The zero-order valence-electron chi connectivity index (χ0n) is 30.3. The van der Waals surface area contributed by atoms with Crippen LogP contribution in [0.1, 0.15) is 169 Å². The third-order valence-electron chi connectivity index (χ3n) is 9.60. The van der Waals surface area contributed by atoms with E-state index in [-0.39, 0.29) is 0 Å². The monoisotopic (exact) mass is 672 g/mol. The number of hydrogen-bond donors (Lipinski definition) is 0. The lowest BCUT2D eigenvalue weighted by Crippen LogP contribution is -2.38. The predicted octanol–water partition coefficient (Wildman–Crippen LogP) is 13.0. The molecule has 0 saturated carbocycles. The summed E-state index contributed by atoms with van der Waals surface area (Å²) in [5, 5.41) is 0. The van der Waals surface area contributed by atoms with E-state index in [0.717, 1.165) is 24.0 Å². The van der Waals surface area contributed by atoms with Gasteiger partial charge in [0.15, 0.2) is 5.78 Å². The SMILES string of the molecule is CCCCCCCCCCCCc1c([Si](C)(C)C)sc2c1C(=O)c1c-2sc([Si](C)(C)C)c1CCCCCCCCCCCC. The highest BCUT2D eigenvalue weighted by Gasteiger charge is 2.41. The van der Waals surface area contributed by atoms with Crippen molar-refractivity contribution in [1.82, 2.24) is 0 Å². The van der Waals surface area contributed by atoms with Gasteiger partial charge in [-0.2, -0.15) is 0 Å². The van der Waals surface area contributed by atoms with Gasteiger partial charge in [0, 0.05) is 11.1 Å². The lowest BCUT2D eigenvalue weighted by molar-refractivity contribution is 0.104. The number of carbonyl (C=O) groups excluding carboxylic acids is 1. The summed E-state index contributed by atoms with van der Waals surface area (Å²) in [6, 6.07) is 0. The van der Waals surface area contributed by atoms with E-state index in [1.807, 2.05) is 22.7 Å². The molecule has 1 aliphatic carbocycles. The van der Waals surface area contributed by atoms with E-state index in [4.69, 9.17) is 0 Å². The Morgan fingerprint density at radius 3 is 0.977 bits per heavy atom. The lowest BCUT2D eigenvalue weighted by atomic mass is 9.98. The summed E-state index contributed by atoms with van der Waals surface area (Å²) in [5.74, 6) is 0.403. The van der Waals surface area contributed by atoms with Gasteiger partial charge in [0.05, 0.1) is 25.9 Å². The zero-order valence-corrected chi connectivity index (χ0v) is 33.9. The van der Waals surface area contributed by atoms with Gasteiger partial charge in [0.1, 0.15) is 0 Å². The molecule has 0 atom stereocenters. The van der Waals surface area contributed by atoms with Crippen molar-refractivity contribution in [3.8, 4) is 9.75 Å². The molecule has 1 nitrogen and oxygen atoms in total. The van der Waals surface area contributed by atoms with Gasteiger partial charge in [-0.05, 0) is 45.8 Å². The summed E-state index contributed by atoms with van der Waals surface area (Å²) in [6.07, 6.45) is 29.5. The van der Waals surface area contributed by atoms with E-state index in [1.54, 1.807) is 9.00 Å². The summed E-state index contributed by atoms with van der Waals surface area (Å²) in [7, 11) is -3.06. The Morgan fingerprint density at radius 2 is 0.705 bits per heavy atom. The van der Waals surface area contributed by atoms with Gasteiger partial charge in [-0.1, -0.05) is 169 Å². The normalized spacial score (nSPS) is 13.2. The third kappa shape index (κ3) is 10.8. The minimum atomic E-state index is -1.53. The molecule has 44 heavy (non-hydrogen) atoms. The van der Waals surface area contributed by atoms with Gasteiger partial charge in [-0.25, -0.2) is 0 Å². The minimum absolute atomic E-state index is 0.403. The first-order valence-corrected chi connectivity index (χ1v) is 27.5. The van der Waals surface area contributed by atoms with Crippen molar-refractivity contribution in [3.05, 3.63) is 22.3 Å². The Morgan fingerprint density at radius 1 is 0.432 bits per heavy atom. The fourth-order valence-corrected chi connectivity index (χ4v) is 14.8. The van der Waals surface area contributed by atoms with Crippen LogP contribution in [0.2, 0.25) is 39.3 Å². The standard InChI is InChI=1S/C39H68OS2Si2/c1-9-11-13-15-17-19-21-23-25-27-29-31-33-35(40)34-32(30-28-26-24-22-20-18-16-14-12-10-2)39(44(6,7)8)42-37(34)36(33)41-38(31)43(3,4)5/h9-30H2,1-8H3. The molecule has 0 saturated heterocycles. The fourth-order valence-electron chi connectivity index (χ4n) is 7.12. The van der Waals surface area contributed by atoms with Crippen LogP contribution in [0, 0.1) is 0 Å². The number of unbranched alkanes of at least 4 members (excludes halogenated alkanes) is 18. The molecule has 0 radical (unpaired) electrons. The lowest BCUT2D eigenvalue weighted by Gasteiger charge is -2.19. The van der Waals surface area contributed by atoms with E-state index in [9.17, 15) is 4.79 Å². The van der Waals surface area contributed by atoms with Crippen LogP contribution >= 0.6 is 22.7 Å². The molecule has 3 rings (SSSR count). The second kappa shape index (κ2) is 18.7. The second-order valence-electron chi connectivity index (χ2n) is 15.9. The number of thiophene rings is 2. The molecule has 0 aromatic carbocycles. The summed E-state index contributed by atoms with van der Waals surface area (Å²) in [4.78, 5) is 17.1. The molecule has 0 aliphatic heterocycles. The van der Waals surface area contributed by atoms with Gasteiger partial charge in [-0.3, -0.25) is 4.79 Å². The summed E-state index contributed by atoms with van der Waals surface area (Å²) >= 11 is 4.05. The first-order valence-electron chi connectivity index (χ1n) is 18.9. The van der Waals surface area contributed by atoms with Crippen molar-refractivity contribution in [2.75, 3.05) is 0 Å². The average molecular weight is 673 g/mol. The summed E-state index contributed by atoms with van der Waals surface area (Å²) < 4.78 is 3.22. The molecular weight excluding hydrogens is 605 g/mol. The third-order valence-corrected chi connectivity index (χ3v) is 19.5. The second-order valence-corrected chi connectivity index (χ2v) is 28.7. The zero-order chi connectivity index (χ0) is 32.2. The molecule has 5 heteroatoms. The van der Waals surface area contributed by atoms with Crippen LogP contribution in [0.3, 0.4) is 0 Å². The van der Waals surface area contributed by atoms with E-state index >= 15 is 0 Å². The first kappa shape index (κ1) is 38.0. The summed E-state index contributed by atoms with van der Waals surface area (Å²) in [6.45, 7) is 19.5. The number of rotatable bonds is 24. The van der Waals surface area contributed by atoms with Crippen LogP contribution in [-0.4, -0.2) is 21.9 Å². The highest BCUT2D eigenvalue weighted by Crippen LogP contribution is 2.48. The van der Waals surface area contributed by atoms with E-state index in [2.05, 4.69) is 53.1 Å². The molecule has 0 spiro atoms. The van der Waals surface area contributed by atoms with E-state index in [0.29, 0.717) is 5.78 Å². The van der Waals surface area contributed by atoms with Crippen LogP contribution in [0.15, 0.2) is 0 Å². The molecule has 0 unspecified atom stereocenters. The topological polar surface area (TPSA) is 17.1 Å². The quantitative estimate of drug-likeness (QED) is 0.0683. The Balaban J connectivity index is 1.66. The average Bonchev–Trinajstić information content (AvgIpc) is 3.61. The van der Waals surface area contributed by atoms with Crippen LogP contribution in [0.4, 0.5) is 0 Å². The Hall–Kier alpha value is -0.496. The molecule has 250 valence electrons. The Bertz CT molecular complexity index is 1060. The number of ketones is 1. The molecule has 1 aliphatic rings. The molecule has 0 fully saturated rings. The van der Waals surface area contributed by atoms with E-state index in [1.165, 1.54) is 149 Å². The molecule has 0 amide bonds. The number of fused-ring (bicyclic) bond motifs is 3. The fraction of sp³-hybridized carbons (Fsp3) is 0.769. The van der Waals surface area contributed by atoms with Crippen LogP contribution in [0.25, 0.3) is 9.75 Å². The van der Waals surface area contributed by atoms with Crippen molar-refractivity contribution < 1.29 is 4.79 Å². The minimum Gasteiger partial charge on any atom is -0.288 e. The van der Waals surface area contributed by atoms with Crippen LogP contribution in [-0.2, 0) is 12.8 Å². The molecule has 2 aromatic heterocycles. The maximum Gasteiger partial charge on any atom is 0.196 e. The van der Waals surface area contributed by atoms with Gasteiger partial charge in [0.25, 0.3) is 0 Å². The maximum absolute atomic E-state index is 14.4. The largest absolute Gasteiger partial charge is 0.288 e. The van der Waals surface area contributed by atoms with Crippen molar-refractivity contribution in [1.29, 1.82) is 0 Å². The molecule has 2 aromatic rings. The van der Waals surface area contributed by atoms with Gasteiger partial charge in [-0.15, -0.1) is 22.7 Å². The summed E-state index contributed by atoms with van der Waals surface area (Å²) in [5.41, 5.74) is 5.24. The molecule has 2 heterocycles. The van der Waals surface area contributed by atoms with Crippen molar-refractivity contribution >= 4 is 53.6 Å². The van der Waals surface area contributed by atoms with E-state index < -0.39 is 16.1 Å². The molecule has 0 bridgehead atoms.